The Morgan fingerprint density at radius 3 is 2.63 bits per heavy atom. The summed E-state index contributed by atoms with van der Waals surface area (Å²) in [5, 5.41) is 16.6. The third-order valence-electron chi connectivity index (χ3n) is 3.50. The number of anilines is 1. The first-order valence-electron chi connectivity index (χ1n) is 6.40. The predicted molar refractivity (Wildman–Crippen MR) is 74.9 cm³/mol. The zero-order valence-electron chi connectivity index (χ0n) is 10.9. The molecule has 2 rings (SSSR count). The fraction of sp³-hybridized carbons (Fsp3) is 0.538. The zero-order valence-corrected chi connectivity index (χ0v) is 11.7. The molecular formula is C13H18N2O3S. The lowest BCUT2D eigenvalue weighted by Crippen LogP contribution is -2.48. The third-order valence-corrected chi connectivity index (χ3v) is 4.32. The van der Waals surface area contributed by atoms with Gasteiger partial charge in [0.1, 0.15) is 5.00 Å². The minimum absolute atomic E-state index is 0.133. The van der Waals surface area contributed by atoms with Gasteiger partial charge in [-0.15, -0.1) is 11.3 Å². The van der Waals surface area contributed by atoms with Crippen LogP contribution in [0.25, 0.3) is 0 Å². The summed E-state index contributed by atoms with van der Waals surface area (Å²) in [6.45, 7) is 2.04. The van der Waals surface area contributed by atoms with E-state index in [9.17, 15) is 9.59 Å². The number of hydrogen-bond donors (Lipinski definition) is 3. The summed E-state index contributed by atoms with van der Waals surface area (Å²) >= 11 is 1.21. The van der Waals surface area contributed by atoms with Crippen LogP contribution in [0, 0.1) is 0 Å². The molecule has 5 nitrogen and oxygen atoms in total. The van der Waals surface area contributed by atoms with Gasteiger partial charge in [0.05, 0.1) is 5.56 Å². The summed E-state index contributed by atoms with van der Waals surface area (Å²) < 4.78 is 0. The maximum atomic E-state index is 12.0. The molecule has 3 N–H and O–H groups in total. The van der Waals surface area contributed by atoms with Crippen molar-refractivity contribution in [2.45, 2.75) is 44.6 Å². The Hall–Kier alpha value is -1.56. The van der Waals surface area contributed by atoms with Crippen LogP contribution in [0.3, 0.4) is 0 Å². The van der Waals surface area contributed by atoms with Gasteiger partial charge in [-0.05, 0) is 31.2 Å². The smallest absolute Gasteiger partial charge is 0.338 e. The van der Waals surface area contributed by atoms with E-state index < -0.39 is 5.97 Å². The highest BCUT2D eigenvalue weighted by molar-refractivity contribution is 7.14. The second-order valence-corrected chi connectivity index (χ2v) is 6.09. The van der Waals surface area contributed by atoms with Crippen LogP contribution in [0.1, 0.15) is 49.4 Å². The highest BCUT2D eigenvalue weighted by Crippen LogP contribution is 2.28. The Labute approximate surface area is 116 Å². The van der Waals surface area contributed by atoms with Crippen molar-refractivity contribution in [1.82, 2.24) is 5.32 Å². The first-order valence-corrected chi connectivity index (χ1v) is 7.28. The first kappa shape index (κ1) is 13.9. The molecule has 1 aliphatic carbocycles. The van der Waals surface area contributed by atoms with Crippen molar-refractivity contribution >= 4 is 28.3 Å². The van der Waals surface area contributed by atoms with Crippen molar-refractivity contribution < 1.29 is 14.7 Å². The number of aromatic carboxylic acids is 1. The second-order valence-electron chi connectivity index (χ2n) is 5.17. The lowest BCUT2D eigenvalue weighted by Gasteiger charge is -2.34. The highest BCUT2D eigenvalue weighted by atomic mass is 32.1. The average Bonchev–Trinajstić information content (AvgIpc) is 2.77. The Morgan fingerprint density at radius 2 is 2.00 bits per heavy atom. The SMILES string of the molecule is CC1(NC(=O)Nc2sccc2C(=O)O)CCCCC1. The summed E-state index contributed by atoms with van der Waals surface area (Å²) in [6, 6.07) is 1.17. The minimum atomic E-state index is -1.03. The van der Waals surface area contributed by atoms with Gasteiger partial charge in [0, 0.05) is 5.54 Å². The zero-order chi connectivity index (χ0) is 13.9. The van der Waals surface area contributed by atoms with Crippen molar-refractivity contribution in [2.75, 3.05) is 5.32 Å². The number of urea groups is 1. The molecular weight excluding hydrogens is 264 g/mol. The van der Waals surface area contributed by atoms with Gasteiger partial charge >= 0.3 is 12.0 Å². The summed E-state index contributed by atoms with van der Waals surface area (Å²) in [6.07, 6.45) is 5.40. The van der Waals surface area contributed by atoms with Crippen molar-refractivity contribution in [1.29, 1.82) is 0 Å². The van der Waals surface area contributed by atoms with E-state index in [1.807, 2.05) is 6.92 Å². The van der Waals surface area contributed by atoms with Gasteiger partial charge in [0.15, 0.2) is 0 Å². The van der Waals surface area contributed by atoms with Crippen LogP contribution >= 0.6 is 11.3 Å². The Bertz CT molecular complexity index is 478. The van der Waals surface area contributed by atoms with Crippen LogP contribution < -0.4 is 10.6 Å². The number of carbonyl (C=O) groups excluding carboxylic acids is 1. The van der Waals surface area contributed by atoms with Crippen LogP contribution in [0.15, 0.2) is 11.4 Å². The molecule has 1 saturated carbocycles. The van der Waals surface area contributed by atoms with E-state index in [-0.39, 0.29) is 17.1 Å². The summed E-state index contributed by atoms with van der Waals surface area (Å²) in [5.41, 5.74) is -0.0443. The van der Waals surface area contributed by atoms with E-state index in [0.717, 1.165) is 25.7 Å². The largest absolute Gasteiger partial charge is 0.478 e. The standard InChI is InChI=1S/C13H18N2O3S/c1-13(6-3-2-4-7-13)15-12(18)14-10-9(11(16)17)5-8-19-10/h5,8H,2-4,6-7H2,1H3,(H,16,17)(H2,14,15,18). The molecule has 19 heavy (non-hydrogen) atoms. The number of carbonyl (C=O) groups is 2. The molecule has 1 aromatic heterocycles. The maximum absolute atomic E-state index is 12.0. The molecule has 1 heterocycles. The van der Waals surface area contributed by atoms with Gasteiger partial charge in [-0.1, -0.05) is 19.3 Å². The molecule has 0 aromatic carbocycles. The van der Waals surface area contributed by atoms with Crippen molar-refractivity contribution in [2.24, 2.45) is 0 Å². The molecule has 0 unspecified atom stereocenters. The van der Waals surface area contributed by atoms with Crippen LogP contribution in [0.4, 0.5) is 9.80 Å². The number of carboxylic acids is 1. The Morgan fingerprint density at radius 1 is 1.32 bits per heavy atom. The number of amides is 2. The molecule has 104 valence electrons. The molecule has 6 heteroatoms. The lowest BCUT2D eigenvalue weighted by molar-refractivity contribution is 0.0698. The molecule has 0 saturated heterocycles. The average molecular weight is 282 g/mol. The molecule has 0 atom stereocenters. The predicted octanol–water partition coefficient (Wildman–Crippen LogP) is 3.29. The Kier molecular flexibility index (Phi) is 4.09. The van der Waals surface area contributed by atoms with Crippen LogP contribution in [-0.4, -0.2) is 22.6 Å². The van der Waals surface area contributed by atoms with Crippen LogP contribution in [0.5, 0.6) is 0 Å². The van der Waals surface area contributed by atoms with E-state index in [1.165, 1.54) is 23.8 Å². The maximum Gasteiger partial charge on any atom is 0.338 e. The van der Waals surface area contributed by atoms with Crippen molar-refractivity contribution in [3.63, 3.8) is 0 Å². The van der Waals surface area contributed by atoms with Gasteiger partial charge in [-0.25, -0.2) is 9.59 Å². The summed E-state index contributed by atoms with van der Waals surface area (Å²) in [5.74, 6) is -1.03. The van der Waals surface area contributed by atoms with Crippen LogP contribution in [-0.2, 0) is 0 Å². The number of hydrogen-bond acceptors (Lipinski definition) is 3. The highest BCUT2D eigenvalue weighted by Gasteiger charge is 2.28. The van der Waals surface area contributed by atoms with Crippen molar-refractivity contribution in [3.8, 4) is 0 Å². The van der Waals surface area contributed by atoms with E-state index in [2.05, 4.69) is 10.6 Å². The number of rotatable bonds is 3. The number of nitrogens with one attached hydrogen (secondary N) is 2. The number of thiophene rings is 1. The molecule has 1 aliphatic rings. The van der Waals surface area contributed by atoms with Crippen molar-refractivity contribution in [3.05, 3.63) is 17.0 Å². The molecule has 0 bridgehead atoms. The minimum Gasteiger partial charge on any atom is -0.478 e. The summed E-state index contributed by atoms with van der Waals surface area (Å²) in [4.78, 5) is 22.9. The fourth-order valence-electron chi connectivity index (χ4n) is 2.44. The summed E-state index contributed by atoms with van der Waals surface area (Å²) in [7, 11) is 0. The van der Waals surface area contributed by atoms with Gasteiger partial charge in [0.2, 0.25) is 0 Å². The topological polar surface area (TPSA) is 78.4 Å². The van der Waals surface area contributed by atoms with Gasteiger partial charge in [-0.2, -0.15) is 0 Å². The van der Waals surface area contributed by atoms with Gasteiger partial charge in [0.25, 0.3) is 0 Å². The van der Waals surface area contributed by atoms with E-state index in [1.54, 1.807) is 5.38 Å². The molecule has 1 aromatic rings. The molecule has 0 spiro atoms. The fourth-order valence-corrected chi connectivity index (χ4v) is 3.21. The molecule has 1 fully saturated rings. The first-order chi connectivity index (χ1) is 9.00. The Balaban J connectivity index is 1.97. The molecule has 0 aliphatic heterocycles. The molecule has 0 radical (unpaired) electrons. The van der Waals surface area contributed by atoms with E-state index >= 15 is 0 Å². The monoisotopic (exact) mass is 282 g/mol. The number of carboxylic acid groups (broad SMARTS) is 1. The third kappa shape index (κ3) is 3.47. The molecule has 2 amide bonds. The van der Waals surface area contributed by atoms with Gasteiger partial charge < -0.3 is 10.4 Å². The van der Waals surface area contributed by atoms with Gasteiger partial charge in [-0.3, -0.25) is 5.32 Å². The lowest BCUT2D eigenvalue weighted by atomic mass is 9.83. The second kappa shape index (κ2) is 5.61. The normalized spacial score (nSPS) is 17.7. The quantitative estimate of drug-likeness (QED) is 0.796. The van der Waals surface area contributed by atoms with E-state index in [4.69, 9.17) is 5.11 Å². The van der Waals surface area contributed by atoms with E-state index in [0.29, 0.717) is 5.00 Å². The van der Waals surface area contributed by atoms with Crippen LogP contribution in [0.2, 0.25) is 0 Å².